The lowest BCUT2D eigenvalue weighted by Crippen LogP contribution is -1.91. The molecule has 1 aromatic carbocycles. The summed E-state index contributed by atoms with van der Waals surface area (Å²) in [5.41, 5.74) is 0.251. The van der Waals surface area contributed by atoms with Gasteiger partial charge in [0.05, 0.1) is 5.56 Å². The first-order valence-corrected chi connectivity index (χ1v) is 3.93. The molecule has 0 fully saturated rings. The molecule has 0 N–H and O–H groups in total. The molecule has 0 aliphatic rings. The molecule has 0 aliphatic carbocycles. The van der Waals surface area contributed by atoms with Crippen LogP contribution in [0.15, 0.2) is 22.8 Å². The van der Waals surface area contributed by atoms with Crippen LogP contribution in [0.3, 0.4) is 0 Å². The van der Waals surface area contributed by atoms with E-state index in [-0.39, 0.29) is 11.3 Å². The standard InChI is InChI=1S/C9H6F2N2O/c1-5-9(13-14-12-5)8-6(10)3-2-4-7(8)11/h2-4H,1H3. The molecule has 0 unspecified atom stereocenters. The number of aryl methyl sites for hydroxylation is 1. The summed E-state index contributed by atoms with van der Waals surface area (Å²) in [4.78, 5) is 0. The van der Waals surface area contributed by atoms with Gasteiger partial charge in [0.2, 0.25) is 0 Å². The van der Waals surface area contributed by atoms with Gasteiger partial charge in [-0.05, 0) is 24.2 Å². The Balaban J connectivity index is 2.68. The second-order valence-electron chi connectivity index (χ2n) is 2.79. The molecule has 14 heavy (non-hydrogen) atoms. The van der Waals surface area contributed by atoms with Crippen LogP contribution in [0.2, 0.25) is 0 Å². The highest BCUT2D eigenvalue weighted by molar-refractivity contribution is 5.61. The predicted octanol–water partition coefficient (Wildman–Crippen LogP) is 2.32. The van der Waals surface area contributed by atoms with E-state index < -0.39 is 11.6 Å². The van der Waals surface area contributed by atoms with E-state index in [0.717, 1.165) is 12.1 Å². The van der Waals surface area contributed by atoms with Crippen molar-refractivity contribution in [1.82, 2.24) is 10.3 Å². The Labute approximate surface area is 78.3 Å². The first-order valence-electron chi connectivity index (χ1n) is 3.93. The van der Waals surface area contributed by atoms with Gasteiger partial charge in [0.15, 0.2) is 0 Å². The maximum absolute atomic E-state index is 13.2. The zero-order chi connectivity index (χ0) is 10.1. The van der Waals surface area contributed by atoms with E-state index in [1.807, 2.05) is 0 Å². The van der Waals surface area contributed by atoms with E-state index in [2.05, 4.69) is 14.9 Å². The smallest absolute Gasteiger partial charge is 0.143 e. The van der Waals surface area contributed by atoms with Crippen LogP contribution in [0.4, 0.5) is 8.78 Å². The summed E-state index contributed by atoms with van der Waals surface area (Å²) in [6, 6.07) is 3.61. The van der Waals surface area contributed by atoms with Crippen LogP contribution in [-0.2, 0) is 0 Å². The third-order valence-corrected chi connectivity index (χ3v) is 1.85. The van der Waals surface area contributed by atoms with Crippen LogP contribution in [0.1, 0.15) is 5.69 Å². The number of hydrogen-bond donors (Lipinski definition) is 0. The fraction of sp³-hybridized carbons (Fsp3) is 0.111. The van der Waals surface area contributed by atoms with Gasteiger partial charge in [-0.1, -0.05) is 11.2 Å². The zero-order valence-electron chi connectivity index (χ0n) is 7.29. The first-order chi connectivity index (χ1) is 6.70. The van der Waals surface area contributed by atoms with Crippen LogP contribution < -0.4 is 0 Å². The number of halogens is 2. The molecule has 0 saturated carbocycles. The van der Waals surface area contributed by atoms with Gasteiger partial charge in [0, 0.05) is 0 Å². The van der Waals surface area contributed by atoms with Crippen molar-refractivity contribution in [2.24, 2.45) is 0 Å². The molecule has 0 radical (unpaired) electrons. The molecular formula is C9H6F2N2O. The minimum atomic E-state index is -0.677. The average Bonchev–Trinajstić information content (AvgIpc) is 2.52. The number of hydrogen-bond acceptors (Lipinski definition) is 3. The Morgan fingerprint density at radius 2 is 1.79 bits per heavy atom. The van der Waals surface area contributed by atoms with Crippen LogP contribution >= 0.6 is 0 Å². The summed E-state index contributed by atoms with van der Waals surface area (Å²) < 4.78 is 30.9. The minimum Gasteiger partial charge on any atom is -0.244 e. The van der Waals surface area contributed by atoms with Crippen molar-refractivity contribution in [2.45, 2.75) is 6.92 Å². The normalized spacial score (nSPS) is 10.5. The third-order valence-electron chi connectivity index (χ3n) is 1.85. The lowest BCUT2D eigenvalue weighted by molar-refractivity contribution is 0.305. The molecule has 2 rings (SSSR count). The zero-order valence-corrected chi connectivity index (χ0v) is 7.29. The monoisotopic (exact) mass is 196 g/mol. The van der Waals surface area contributed by atoms with Gasteiger partial charge in [-0.3, -0.25) is 0 Å². The molecular weight excluding hydrogens is 190 g/mol. The Morgan fingerprint density at radius 3 is 2.29 bits per heavy atom. The van der Waals surface area contributed by atoms with Crippen molar-refractivity contribution in [3.05, 3.63) is 35.5 Å². The van der Waals surface area contributed by atoms with Gasteiger partial charge in [-0.15, -0.1) is 0 Å². The maximum Gasteiger partial charge on any atom is 0.143 e. The van der Waals surface area contributed by atoms with Crippen LogP contribution in [0.5, 0.6) is 0 Å². The van der Waals surface area contributed by atoms with Gasteiger partial charge in [-0.25, -0.2) is 13.4 Å². The van der Waals surface area contributed by atoms with E-state index in [4.69, 9.17) is 0 Å². The predicted molar refractivity (Wildman–Crippen MR) is 44.4 cm³/mol. The fourth-order valence-electron chi connectivity index (χ4n) is 1.18. The second kappa shape index (κ2) is 3.17. The van der Waals surface area contributed by atoms with Gasteiger partial charge < -0.3 is 0 Å². The van der Waals surface area contributed by atoms with Crippen LogP contribution in [0, 0.1) is 18.6 Å². The van der Waals surface area contributed by atoms with E-state index in [9.17, 15) is 8.78 Å². The summed E-state index contributed by atoms with van der Waals surface area (Å²) in [6.07, 6.45) is 0. The van der Waals surface area contributed by atoms with Crippen molar-refractivity contribution >= 4 is 0 Å². The molecule has 0 aliphatic heterocycles. The van der Waals surface area contributed by atoms with E-state index in [1.165, 1.54) is 6.07 Å². The summed E-state index contributed by atoms with van der Waals surface area (Å²) in [6.45, 7) is 1.57. The number of aromatic nitrogens is 2. The summed E-state index contributed by atoms with van der Waals surface area (Å²) in [7, 11) is 0. The highest BCUT2D eigenvalue weighted by Gasteiger charge is 2.17. The molecule has 2 aromatic rings. The van der Waals surface area contributed by atoms with Crippen molar-refractivity contribution in [3.63, 3.8) is 0 Å². The Hall–Kier alpha value is -1.78. The molecule has 1 aromatic heterocycles. The quantitative estimate of drug-likeness (QED) is 0.702. The third kappa shape index (κ3) is 1.26. The van der Waals surface area contributed by atoms with Gasteiger partial charge >= 0.3 is 0 Å². The second-order valence-corrected chi connectivity index (χ2v) is 2.79. The topological polar surface area (TPSA) is 38.9 Å². The molecule has 0 spiro atoms. The summed E-state index contributed by atoms with van der Waals surface area (Å²) >= 11 is 0. The molecule has 5 heteroatoms. The van der Waals surface area contributed by atoms with Crippen molar-refractivity contribution in [2.75, 3.05) is 0 Å². The molecule has 1 heterocycles. The molecule has 0 bridgehead atoms. The Kier molecular flexibility index (Phi) is 1.99. The molecule has 0 amide bonds. The number of benzene rings is 1. The largest absolute Gasteiger partial charge is 0.244 e. The van der Waals surface area contributed by atoms with E-state index >= 15 is 0 Å². The van der Waals surface area contributed by atoms with E-state index in [1.54, 1.807) is 6.92 Å². The first kappa shape index (κ1) is 8.80. The summed E-state index contributed by atoms with van der Waals surface area (Å²) in [5, 5.41) is 6.90. The Bertz CT molecular complexity index is 447. The van der Waals surface area contributed by atoms with Gasteiger partial charge in [0.25, 0.3) is 0 Å². The van der Waals surface area contributed by atoms with Crippen LogP contribution in [0.25, 0.3) is 11.3 Å². The number of rotatable bonds is 1. The minimum absolute atomic E-state index is 0.0978. The summed E-state index contributed by atoms with van der Waals surface area (Å²) in [5.74, 6) is -1.35. The SMILES string of the molecule is Cc1nonc1-c1c(F)cccc1F. The van der Waals surface area contributed by atoms with Crippen molar-refractivity contribution < 1.29 is 13.4 Å². The van der Waals surface area contributed by atoms with Crippen molar-refractivity contribution in [3.8, 4) is 11.3 Å². The molecule has 0 atom stereocenters. The lowest BCUT2D eigenvalue weighted by Gasteiger charge is -1.99. The molecule has 0 saturated heterocycles. The lowest BCUT2D eigenvalue weighted by atomic mass is 10.1. The van der Waals surface area contributed by atoms with Crippen molar-refractivity contribution in [1.29, 1.82) is 0 Å². The average molecular weight is 196 g/mol. The highest BCUT2D eigenvalue weighted by atomic mass is 19.1. The maximum atomic E-state index is 13.2. The Morgan fingerprint density at radius 1 is 1.14 bits per heavy atom. The fourth-order valence-corrected chi connectivity index (χ4v) is 1.18. The van der Waals surface area contributed by atoms with Gasteiger partial charge in [0.1, 0.15) is 23.0 Å². The van der Waals surface area contributed by atoms with E-state index in [0.29, 0.717) is 5.69 Å². The van der Waals surface area contributed by atoms with Gasteiger partial charge in [-0.2, -0.15) is 0 Å². The number of nitrogens with zero attached hydrogens (tertiary/aromatic N) is 2. The van der Waals surface area contributed by atoms with Crippen LogP contribution in [-0.4, -0.2) is 10.3 Å². The molecule has 72 valence electrons. The molecule has 3 nitrogen and oxygen atoms in total. The highest BCUT2D eigenvalue weighted by Crippen LogP contribution is 2.25.